The Bertz CT molecular complexity index is 379. The number of hydrogen-bond donors (Lipinski definition) is 1. The summed E-state index contributed by atoms with van der Waals surface area (Å²) in [6.07, 6.45) is 2.31. The van der Waals surface area contributed by atoms with Crippen LogP contribution in [-0.2, 0) is 9.59 Å². The van der Waals surface area contributed by atoms with Crippen molar-refractivity contribution in [2.24, 2.45) is 5.92 Å². The molecule has 0 aromatic carbocycles. The molecule has 2 aliphatic heterocycles. The minimum absolute atomic E-state index is 0.0125. The summed E-state index contributed by atoms with van der Waals surface area (Å²) in [7, 11) is 0. The molecule has 2 aliphatic rings. The summed E-state index contributed by atoms with van der Waals surface area (Å²) < 4.78 is 0. The normalized spacial score (nSPS) is 30.3. The summed E-state index contributed by atoms with van der Waals surface area (Å²) in [5.74, 6) is -0.607. The Kier molecular flexibility index (Phi) is 3.57. The molecule has 92 valence electrons. The van der Waals surface area contributed by atoms with E-state index in [2.05, 4.69) is 0 Å². The third kappa shape index (κ3) is 2.25. The maximum absolute atomic E-state index is 12.0. The molecule has 1 amide bonds. The van der Waals surface area contributed by atoms with Gasteiger partial charge in [0.2, 0.25) is 5.91 Å². The van der Waals surface area contributed by atoms with Crippen molar-refractivity contribution in [1.82, 2.24) is 4.90 Å². The van der Waals surface area contributed by atoms with Crippen LogP contribution in [0.4, 0.5) is 0 Å². The molecule has 3 atom stereocenters. The van der Waals surface area contributed by atoms with Crippen molar-refractivity contribution in [2.45, 2.75) is 31.3 Å². The number of nitriles is 1. The summed E-state index contributed by atoms with van der Waals surface area (Å²) >= 11 is 1.29. The lowest BCUT2D eigenvalue weighted by atomic mass is 9.89. The Balaban J connectivity index is 1.96. The van der Waals surface area contributed by atoms with Gasteiger partial charge in [0.1, 0.15) is 0 Å². The second kappa shape index (κ2) is 4.96. The lowest BCUT2D eigenvalue weighted by Gasteiger charge is -2.22. The molecule has 6 heteroatoms. The van der Waals surface area contributed by atoms with Gasteiger partial charge in [-0.2, -0.15) is 5.26 Å². The van der Waals surface area contributed by atoms with Crippen molar-refractivity contribution in [3.8, 4) is 6.07 Å². The van der Waals surface area contributed by atoms with Crippen molar-refractivity contribution in [3.05, 3.63) is 0 Å². The summed E-state index contributed by atoms with van der Waals surface area (Å²) in [6, 6.07) is 1.97. The fourth-order valence-corrected chi connectivity index (χ4v) is 3.42. The molecule has 2 bridgehead atoms. The first-order valence-corrected chi connectivity index (χ1v) is 6.79. The molecule has 2 heterocycles. The van der Waals surface area contributed by atoms with Crippen molar-refractivity contribution >= 4 is 23.6 Å². The predicted octanol–water partition coefficient (Wildman–Crippen LogP) is 0.707. The number of aliphatic carboxylic acids is 1. The van der Waals surface area contributed by atoms with Gasteiger partial charge in [0.15, 0.2) is 0 Å². The number of thioether (sulfide) groups is 1. The minimum atomic E-state index is -0.792. The number of rotatable bonds is 4. The van der Waals surface area contributed by atoms with Crippen LogP contribution in [0, 0.1) is 17.2 Å². The molecule has 0 radical (unpaired) electrons. The van der Waals surface area contributed by atoms with Gasteiger partial charge in [0, 0.05) is 12.1 Å². The van der Waals surface area contributed by atoms with Crippen LogP contribution in [0.5, 0.6) is 0 Å². The molecule has 0 aromatic rings. The first kappa shape index (κ1) is 12.2. The van der Waals surface area contributed by atoms with E-state index in [0.29, 0.717) is 12.2 Å². The van der Waals surface area contributed by atoms with Crippen LogP contribution in [0.3, 0.4) is 0 Å². The molecule has 1 N–H and O–H groups in total. The molecule has 3 unspecified atom stereocenters. The van der Waals surface area contributed by atoms with E-state index in [-0.39, 0.29) is 23.7 Å². The Morgan fingerprint density at radius 1 is 1.47 bits per heavy atom. The Morgan fingerprint density at radius 3 is 2.82 bits per heavy atom. The molecular formula is C11H14N2O3S. The average Bonchev–Trinajstić information content (AvgIpc) is 2.86. The molecule has 0 aliphatic carbocycles. The molecule has 17 heavy (non-hydrogen) atoms. The van der Waals surface area contributed by atoms with Crippen LogP contribution >= 0.6 is 11.8 Å². The van der Waals surface area contributed by atoms with Crippen molar-refractivity contribution in [3.63, 3.8) is 0 Å². The number of carboxylic acids is 1. The first-order valence-electron chi connectivity index (χ1n) is 5.63. The van der Waals surface area contributed by atoms with E-state index >= 15 is 0 Å². The number of amides is 1. The van der Waals surface area contributed by atoms with Crippen LogP contribution in [0.15, 0.2) is 0 Å². The molecule has 0 saturated carbocycles. The smallest absolute Gasteiger partial charge is 0.308 e. The summed E-state index contributed by atoms with van der Waals surface area (Å²) in [6.45, 7) is 0. The van der Waals surface area contributed by atoms with Crippen molar-refractivity contribution in [2.75, 3.05) is 11.5 Å². The zero-order valence-electron chi connectivity index (χ0n) is 9.33. The van der Waals surface area contributed by atoms with Crippen LogP contribution in [0.2, 0.25) is 0 Å². The second-order valence-corrected chi connectivity index (χ2v) is 5.42. The highest BCUT2D eigenvalue weighted by atomic mass is 32.2. The summed E-state index contributed by atoms with van der Waals surface area (Å²) in [5, 5.41) is 17.5. The molecule has 2 fully saturated rings. The first-order chi connectivity index (χ1) is 8.15. The predicted molar refractivity (Wildman–Crippen MR) is 62.3 cm³/mol. The maximum Gasteiger partial charge on any atom is 0.308 e. The highest BCUT2D eigenvalue weighted by Gasteiger charge is 2.50. The van der Waals surface area contributed by atoms with Gasteiger partial charge >= 0.3 is 5.97 Å². The van der Waals surface area contributed by atoms with Gasteiger partial charge in [-0.25, -0.2) is 0 Å². The maximum atomic E-state index is 12.0. The van der Waals surface area contributed by atoms with Crippen molar-refractivity contribution in [1.29, 1.82) is 5.26 Å². The third-order valence-corrected chi connectivity index (χ3v) is 4.32. The zero-order valence-corrected chi connectivity index (χ0v) is 10.2. The fourth-order valence-electron chi connectivity index (χ4n) is 2.90. The van der Waals surface area contributed by atoms with Gasteiger partial charge in [-0.15, -0.1) is 11.8 Å². The van der Waals surface area contributed by atoms with Gasteiger partial charge < -0.3 is 10.0 Å². The quantitative estimate of drug-likeness (QED) is 0.747. The average molecular weight is 254 g/mol. The standard InChI is InChI=1S/C11H14N2O3S/c12-3-4-17-6-10(14)13-7-1-2-9(13)8(5-7)11(15)16/h7-9H,1-2,4-6H2,(H,15,16). The Hall–Kier alpha value is -1.22. The highest BCUT2D eigenvalue weighted by Crippen LogP contribution is 2.42. The second-order valence-electron chi connectivity index (χ2n) is 4.43. The van der Waals surface area contributed by atoms with E-state index in [0.717, 1.165) is 12.8 Å². The summed E-state index contributed by atoms with van der Waals surface area (Å²) in [4.78, 5) is 24.7. The largest absolute Gasteiger partial charge is 0.481 e. The van der Waals surface area contributed by atoms with E-state index in [9.17, 15) is 9.59 Å². The van der Waals surface area contributed by atoms with Crippen molar-refractivity contribution < 1.29 is 14.7 Å². The molecule has 2 saturated heterocycles. The topological polar surface area (TPSA) is 81.4 Å². The zero-order chi connectivity index (χ0) is 12.4. The molecule has 2 rings (SSSR count). The highest BCUT2D eigenvalue weighted by molar-refractivity contribution is 8.00. The number of nitrogens with zero attached hydrogens (tertiary/aromatic N) is 2. The van der Waals surface area contributed by atoms with Crippen LogP contribution in [-0.4, -0.2) is 45.5 Å². The molecule has 0 spiro atoms. The van der Waals surface area contributed by atoms with Gasteiger partial charge in [-0.1, -0.05) is 0 Å². The van der Waals surface area contributed by atoms with Gasteiger partial charge in [0.25, 0.3) is 0 Å². The third-order valence-electron chi connectivity index (χ3n) is 3.53. The minimum Gasteiger partial charge on any atom is -0.481 e. The van der Waals surface area contributed by atoms with E-state index in [1.807, 2.05) is 6.07 Å². The molecule has 5 nitrogen and oxygen atoms in total. The van der Waals surface area contributed by atoms with Gasteiger partial charge in [0.05, 0.1) is 23.5 Å². The number of carbonyl (C=O) groups is 2. The van der Waals surface area contributed by atoms with Crippen LogP contribution in [0.1, 0.15) is 19.3 Å². The SMILES string of the molecule is N#CCSCC(=O)N1C2CCC1C(C(=O)O)C2. The number of fused-ring (bicyclic) bond motifs is 2. The Labute approximate surface area is 104 Å². The van der Waals surface area contributed by atoms with E-state index < -0.39 is 11.9 Å². The van der Waals surface area contributed by atoms with E-state index in [1.54, 1.807) is 4.90 Å². The van der Waals surface area contributed by atoms with Gasteiger partial charge in [-0.3, -0.25) is 9.59 Å². The summed E-state index contributed by atoms with van der Waals surface area (Å²) in [5.41, 5.74) is 0. The lowest BCUT2D eigenvalue weighted by molar-refractivity contribution is -0.143. The van der Waals surface area contributed by atoms with Crippen LogP contribution < -0.4 is 0 Å². The number of carbonyl (C=O) groups excluding carboxylic acids is 1. The van der Waals surface area contributed by atoms with E-state index in [4.69, 9.17) is 10.4 Å². The van der Waals surface area contributed by atoms with Crippen LogP contribution in [0.25, 0.3) is 0 Å². The number of hydrogen-bond acceptors (Lipinski definition) is 4. The monoisotopic (exact) mass is 254 g/mol. The van der Waals surface area contributed by atoms with Gasteiger partial charge in [-0.05, 0) is 19.3 Å². The molecular weight excluding hydrogens is 240 g/mol. The van der Waals surface area contributed by atoms with E-state index in [1.165, 1.54) is 11.8 Å². The number of carboxylic acid groups (broad SMARTS) is 1. The molecule has 0 aromatic heterocycles. The lowest BCUT2D eigenvalue weighted by Crippen LogP contribution is -2.38. The Morgan fingerprint density at radius 2 is 2.24 bits per heavy atom. The fraction of sp³-hybridized carbons (Fsp3) is 0.727.